The zero-order chi connectivity index (χ0) is 19.4. The number of aromatic nitrogens is 2. The molecule has 0 spiro atoms. The molecule has 140 valence electrons. The molecule has 0 bridgehead atoms. The number of pyridine rings is 2. The molecule has 7 heteroatoms. The van der Waals surface area contributed by atoms with Gasteiger partial charge in [0.1, 0.15) is 11.5 Å². The van der Waals surface area contributed by atoms with Crippen LogP contribution in [0.25, 0.3) is 11.0 Å². The lowest BCUT2D eigenvalue weighted by Gasteiger charge is -2.23. The van der Waals surface area contributed by atoms with Crippen LogP contribution in [0.5, 0.6) is 17.4 Å². The fourth-order valence-corrected chi connectivity index (χ4v) is 2.61. The smallest absolute Gasteiger partial charge is 0.253 e. The van der Waals surface area contributed by atoms with Gasteiger partial charge in [-0.05, 0) is 43.7 Å². The number of nitrogens with one attached hydrogen (secondary N) is 1. The monoisotopic (exact) mass is 367 g/mol. The fraction of sp³-hybridized carbons (Fsp3) is 0.250. The van der Waals surface area contributed by atoms with Gasteiger partial charge in [-0.3, -0.25) is 9.63 Å². The van der Waals surface area contributed by atoms with E-state index < -0.39 is 5.41 Å². The molecular weight excluding hydrogens is 346 g/mol. The molecule has 0 aliphatic rings. The maximum absolute atomic E-state index is 12.1. The van der Waals surface area contributed by atoms with Gasteiger partial charge in [-0.2, -0.15) is 4.98 Å². The van der Waals surface area contributed by atoms with E-state index in [1.54, 1.807) is 25.4 Å². The number of rotatable bonds is 6. The van der Waals surface area contributed by atoms with Gasteiger partial charge in [-0.1, -0.05) is 12.1 Å². The second kappa shape index (κ2) is 7.59. The van der Waals surface area contributed by atoms with Gasteiger partial charge >= 0.3 is 0 Å². The maximum Gasteiger partial charge on any atom is 0.253 e. The molecule has 7 nitrogen and oxygen atoms in total. The lowest BCUT2D eigenvalue weighted by Crippen LogP contribution is -2.39. The Morgan fingerprint density at radius 1 is 1.04 bits per heavy atom. The molecule has 0 radical (unpaired) electrons. The van der Waals surface area contributed by atoms with Crippen molar-refractivity contribution in [2.45, 2.75) is 19.3 Å². The summed E-state index contributed by atoms with van der Waals surface area (Å²) >= 11 is 0. The number of hydroxylamine groups is 1. The number of carbonyl (C=O) groups excluding carboxylic acids is 1. The summed E-state index contributed by atoms with van der Waals surface area (Å²) in [7, 11) is 2.97. The van der Waals surface area contributed by atoms with E-state index in [-0.39, 0.29) is 5.91 Å². The van der Waals surface area contributed by atoms with Crippen LogP contribution >= 0.6 is 0 Å². The zero-order valence-electron chi connectivity index (χ0n) is 15.6. The molecule has 0 aliphatic heterocycles. The number of ether oxygens (including phenoxy) is 2. The van der Waals surface area contributed by atoms with Crippen molar-refractivity contribution in [3.63, 3.8) is 0 Å². The van der Waals surface area contributed by atoms with Crippen molar-refractivity contribution in [1.29, 1.82) is 0 Å². The molecule has 1 aromatic carbocycles. The summed E-state index contributed by atoms with van der Waals surface area (Å²) < 4.78 is 11.1. The number of fused-ring (bicyclic) bond motifs is 1. The van der Waals surface area contributed by atoms with Crippen molar-refractivity contribution in [3.8, 4) is 17.4 Å². The number of carbonyl (C=O) groups is 1. The van der Waals surface area contributed by atoms with Gasteiger partial charge in [0.25, 0.3) is 5.91 Å². The van der Waals surface area contributed by atoms with Crippen LogP contribution in [0.2, 0.25) is 0 Å². The topological polar surface area (TPSA) is 82.6 Å². The van der Waals surface area contributed by atoms with Crippen molar-refractivity contribution in [2.24, 2.45) is 0 Å². The Labute approximate surface area is 157 Å². The third-order valence-corrected chi connectivity index (χ3v) is 4.31. The van der Waals surface area contributed by atoms with E-state index in [0.29, 0.717) is 23.0 Å². The van der Waals surface area contributed by atoms with Crippen molar-refractivity contribution < 1.29 is 19.1 Å². The molecule has 0 fully saturated rings. The van der Waals surface area contributed by atoms with E-state index in [4.69, 9.17) is 14.3 Å². The number of amides is 1. The second-order valence-electron chi connectivity index (χ2n) is 6.42. The highest BCUT2D eigenvalue weighted by Gasteiger charge is 2.29. The Hall–Kier alpha value is -3.19. The zero-order valence-corrected chi connectivity index (χ0v) is 15.6. The van der Waals surface area contributed by atoms with E-state index in [1.165, 1.54) is 7.11 Å². The molecule has 0 atom stereocenters. The third-order valence-electron chi connectivity index (χ3n) is 4.31. The molecule has 0 unspecified atom stereocenters. The summed E-state index contributed by atoms with van der Waals surface area (Å²) in [6, 6.07) is 12.7. The first kappa shape index (κ1) is 18.6. The van der Waals surface area contributed by atoms with Crippen LogP contribution in [0.1, 0.15) is 19.4 Å². The summed E-state index contributed by atoms with van der Waals surface area (Å²) in [5, 5.41) is 0.780. The Morgan fingerprint density at radius 3 is 2.44 bits per heavy atom. The fourth-order valence-electron chi connectivity index (χ4n) is 2.61. The van der Waals surface area contributed by atoms with Gasteiger partial charge in [0.05, 0.1) is 25.0 Å². The predicted octanol–water partition coefficient (Wildman–Crippen LogP) is 3.39. The van der Waals surface area contributed by atoms with Crippen LogP contribution in [-0.2, 0) is 15.0 Å². The average Bonchev–Trinajstić information content (AvgIpc) is 2.68. The van der Waals surface area contributed by atoms with Crippen LogP contribution in [0.3, 0.4) is 0 Å². The molecule has 1 N–H and O–H groups in total. The lowest BCUT2D eigenvalue weighted by molar-refractivity contribution is -0.136. The third kappa shape index (κ3) is 3.83. The first-order chi connectivity index (χ1) is 13.0. The molecular formula is C20H21N3O4. The molecule has 27 heavy (non-hydrogen) atoms. The van der Waals surface area contributed by atoms with E-state index in [1.807, 2.05) is 44.2 Å². The lowest BCUT2D eigenvalue weighted by atomic mass is 9.84. The second-order valence-corrected chi connectivity index (χ2v) is 6.42. The van der Waals surface area contributed by atoms with Gasteiger partial charge in [-0.15, -0.1) is 0 Å². The SMILES string of the molecule is CONC(=O)C(C)(C)c1ccc(Oc2ccnc3nc(OC)ccc23)cc1. The van der Waals surface area contributed by atoms with Gasteiger partial charge in [0.2, 0.25) is 5.88 Å². The predicted molar refractivity (Wildman–Crippen MR) is 101 cm³/mol. The van der Waals surface area contributed by atoms with Crippen LogP contribution in [0, 0.1) is 0 Å². The molecule has 2 heterocycles. The van der Waals surface area contributed by atoms with E-state index >= 15 is 0 Å². The number of hydrogen-bond donors (Lipinski definition) is 1. The van der Waals surface area contributed by atoms with Crippen LogP contribution in [0.15, 0.2) is 48.7 Å². The van der Waals surface area contributed by atoms with Crippen molar-refractivity contribution >= 4 is 16.9 Å². The van der Waals surface area contributed by atoms with E-state index in [2.05, 4.69) is 15.4 Å². The Bertz CT molecular complexity index is 955. The first-order valence-corrected chi connectivity index (χ1v) is 8.37. The highest BCUT2D eigenvalue weighted by molar-refractivity contribution is 5.86. The summed E-state index contributed by atoms with van der Waals surface area (Å²) in [6.07, 6.45) is 1.64. The van der Waals surface area contributed by atoms with Gasteiger partial charge < -0.3 is 9.47 Å². The molecule has 0 saturated heterocycles. The molecule has 0 saturated carbocycles. The van der Waals surface area contributed by atoms with Gasteiger partial charge in [0.15, 0.2) is 5.65 Å². The van der Waals surface area contributed by atoms with Crippen LogP contribution in [0.4, 0.5) is 0 Å². The summed E-state index contributed by atoms with van der Waals surface area (Å²) in [5.74, 6) is 1.55. The minimum absolute atomic E-state index is 0.223. The molecule has 1 amide bonds. The maximum atomic E-state index is 12.1. The van der Waals surface area contributed by atoms with Gasteiger partial charge in [-0.25, -0.2) is 10.5 Å². The van der Waals surface area contributed by atoms with E-state index in [0.717, 1.165) is 10.9 Å². The Kier molecular flexibility index (Phi) is 5.23. The summed E-state index contributed by atoms with van der Waals surface area (Å²) in [5.41, 5.74) is 3.02. The normalized spacial score (nSPS) is 11.3. The highest BCUT2D eigenvalue weighted by atomic mass is 16.6. The van der Waals surface area contributed by atoms with Crippen molar-refractivity contribution in [2.75, 3.05) is 14.2 Å². The summed E-state index contributed by atoms with van der Waals surface area (Å²) in [6.45, 7) is 3.65. The number of methoxy groups -OCH3 is 1. The van der Waals surface area contributed by atoms with Crippen molar-refractivity contribution in [1.82, 2.24) is 15.4 Å². The van der Waals surface area contributed by atoms with Crippen molar-refractivity contribution in [3.05, 3.63) is 54.2 Å². The first-order valence-electron chi connectivity index (χ1n) is 8.37. The largest absolute Gasteiger partial charge is 0.481 e. The minimum Gasteiger partial charge on any atom is -0.481 e. The molecule has 2 aromatic heterocycles. The van der Waals surface area contributed by atoms with Crippen LogP contribution < -0.4 is 15.0 Å². The standard InChI is InChI=1S/C20H21N3O4/c1-20(2,19(24)23-26-4)13-5-7-14(8-6-13)27-16-11-12-21-18-15(16)9-10-17(22-18)25-3/h5-12H,1-4H3,(H,23,24). The number of benzene rings is 1. The molecule has 3 rings (SSSR count). The molecule has 3 aromatic rings. The quantitative estimate of drug-likeness (QED) is 0.673. The van der Waals surface area contributed by atoms with Gasteiger partial charge in [0, 0.05) is 12.3 Å². The number of nitrogens with zero attached hydrogens (tertiary/aromatic N) is 2. The average molecular weight is 367 g/mol. The van der Waals surface area contributed by atoms with Crippen LogP contribution in [-0.4, -0.2) is 30.1 Å². The Balaban J connectivity index is 1.85. The Morgan fingerprint density at radius 2 is 1.78 bits per heavy atom. The summed E-state index contributed by atoms with van der Waals surface area (Å²) in [4.78, 5) is 25.4. The minimum atomic E-state index is -0.738. The highest BCUT2D eigenvalue weighted by Crippen LogP contribution is 2.31. The number of hydrogen-bond acceptors (Lipinski definition) is 6. The molecule has 0 aliphatic carbocycles. The van der Waals surface area contributed by atoms with E-state index in [9.17, 15) is 4.79 Å².